The minimum atomic E-state index is -0.0674. The van der Waals surface area contributed by atoms with Crippen LogP contribution in [0.25, 0.3) is 11.8 Å². The minimum absolute atomic E-state index is 0.0674. The molecule has 4 nitrogen and oxygen atoms in total. The largest absolute Gasteiger partial charge is 0.508 e. The predicted molar refractivity (Wildman–Crippen MR) is 97.8 cm³/mol. The van der Waals surface area contributed by atoms with Crippen LogP contribution in [-0.4, -0.2) is 31.8 Å². The molecule has 0 unspecified atom stereocenters. The Balaban J connectivity index is 2.06. The molecule has 1 amide bonds. The number of carbonyl (C=O) groups excluding carboxylic acids is 1. The topological polar surface area (TPSA) is 45.5 Å². The van der Waals surface area contributed by atoms with Gasteiger partial charge in [0, 0.05) is 30.2 Å². The predicted octanol–water partition coefficient (Wildman–Crippen LogP) is 3.63. The van der Waals surface area contributed by atoms with Crippen molar-refractivity contribution in [1.82, 2.24) is 9.47 Å². The number of aromatic nitrogens is 1. The summed E-state index contributed by atoms with van der Waals surface area (Å²) in [4.78, 5) is 14.3. The summed E-state index contributed by atoms with van der Waals surface area (Å²) in [6, 6.07) is 9.14. The maximum absolute atomic E-state index is 12.1. The van der Waals surface area contributed by atoms with Gasteiger partial charge in [-0.2, -0.15) is 0 Å². The summed E-state index contributed by atoms with van der Waals surface area (Å²) in [7, 11) is 1.69. The van der Waals surface area contributed by atoms with E-state index in [2.05, 4.69) is 4.57 Å². The van der Waals surface area contributed by atoms with Crippen molar-refractivity contribution in [1.29, 1.82) is 0 Å². The Morgan fingerprint density at radius 3 is 2.61 bits per heavy atom. The number of amides is 1. The number of rotatable bonds is 2. The van der Waals surface area contributed by atoms with Gasteiger partial charge >= 0.3 is 0 Å². The van der Waals surface area contributed by atoms with Crippen molar-refractivity contribution < 1.29 is 9.90 Å². The average molecular weight is 344 g/mol. The first kappa shape index (κ1) is 15.8. The van der Waals surface area contributed by atoms with Gasteiger partial charge < -0.3 is 9.67 Å². The monoisotopic (exact) mass is 344 g/mol. The molecule has 0 radical (unpaired) electrons. The second kappa shape index (κ2) is 5.86. The molecule has 1 aromatic carbocycles. The second-order valence-corrected chi connectivity index (χ2v) is 7.10. The Morgan fingerprint density at radius 1 is 1.26 bits per heavy atom. The SMILES string of the molecule is Cc1cc(C=C2SC(=S)N(C)C2=O)c(C)n1-c1cccc(O)c1. The molecular formula is C17H16N2O2S2. The molecule has 23 heavy (non-hydrogen) atoms. The molecule has 1 aliphatic heterocycles. The van der Waals surface area contributed by atoms with Gasteiger partial charge in [-0.25, -0.2) is 0 Å². The number of phenolic OH excluding ortho intramolecular Hbond substituents is 1. The normalized spacial score (nSPS) is 16.7. The maximum atomic E-state index is 12.1. The van der Waals surface area contributed by atoms with Gasteiger partial charge in [0.2, 0.25) is 0 Å². The van der Waals surface area contributed by atoms with Crippen molar-refractivity contribution >= 4 is 40.3 Å². The smallest absolute Gasteiger partial charge is 0.265 e. The van der Waals surface area contributed by atoms with Gasteiger partial charge in [0.15, 0.2) is 0 Å². The average Bonchev–Trinajstić information content (AvgIpc) is 2.91. The fourth-order valence-electron chi connectivity index (χ4n) is 2.65. The van der Waals surface area contributed by atoms with Gasteiger partial charge in [-0.3, -0.25) is 9.69 Å². The van der Waals surface area contributed by atoms with E-state index < -0.39 is 0 Å². The summed E-state index contributed by atoms with van der Waals surface area (Å²) >= 11 is 6.48. The molecule has 0 atom stereocenters. The number of aromatic hydroxyl groups is 1. The van der Waals surface area contributed by atoms with E-state index >= 15 is 0 Å². The van der Waals surface area contributed by atoms with E-state index in [1.165, 1.54) is 16.7 Å². The molecule has 1 N–H and O–H groups in total. The molecule has 0 spiro atoms. The maximum Gasteiger partial charge on any atom is 0.265 e. The summed E-state index contributed by atoms with van der Waals surface area (Å²) in [6.45, 7) is 4.00. The van der Waals surface area contributed by atoms with E-state index in [0.29, 0.717) is 9.23 Å². The van der Waals surface area contributed by atoms with E-state index in [0.717, 1.165) is 22.6 Å². The highest BCUT2D eigenvalue weighted by Gasteiger charge is 2.29. The summed E-state index contributed by atoms with van der Waals surface area (Å²) in [5.74, 6) is 0.158. The van der Waals surface area contributed by atoms with E-state index in [1.807, 2.05) is 38.1 Å². The van der Waals surface area contributed by atoms with Gasteiger partial charge in [0.05, 0.1) is 4.91 Å². The second-order valence-electron chi connectivity index (χ2n) is 5.42. The molecule has 1 aliphatic rings. The third kappa shape index (κ3) is 2.80. The summed E-state index contributed by atoms with van der Waals surface area (Å²) in [5, 5.41) is 9.69. The molecule has 2 aromatic rings. The Morgan fingerprint density at radius 2 is 2.00 bits per heavy atom. The lowest BCUT2D eigenvalue weighted by Crippen LogP contribution is -2.22. The lowest BCUT2D eigenvalue weighted by Gasteiger charge is -2.10. The molecule has 1 aromatic heterocycles. The molecule has 0 bridgehead atoms. The Bertz CT molecular complexity index is 852. The number of aryl methyl sites for hydroxylation is 1. The quantitative estimate of drug-likeness (QED) is 0.667. The molecule has 1 fully saturated rings. The van der Waals surface area contributed by atoms with Gasteiger partial charge in [-0.15, -0.1) is 0 Å². The van der Waals surface area contributed by atoms with Crippen LogP contribution >= 0.6 is 24.0 Å². The van der Waals surface area contributed by atoms with Gasteiger partial charge in [-0.05, 0) is 43.7 Å². The van der Waals surface area contributed by atoms with Crippen molar-refractivity contribution in [2.24, 2.45) is 0 Å². The number of carbonyl (C=O) groups is 1. The third-order valence-electron chi connectivity index (χ3n) is 3.83. The number of thioether (sulfide) groups is 1. The lowest BCUT2D eigenvalue weighted by atomic mass is 10.2. The zero-order chi connectivity index (χ0) is 16.7. The molecule has 0 saturated carbocycles. The van der Waals surface area contributed by atoms with E-state index in [9.17, 15) is 9.90 Å². The number of hydrogen-bond acceptors (Lipinski definition) is 4. The highest BCUT2D eigenvalue weighted by molar-refractivity contribution is 8.26. The summed E-state index contributed by atoms with van der Waals surface area (Å²) in [5.41, 5.74) is 3.91. The van der Waals surface area contributed by atoms with Crippen LogP contribution in [0.4, 0.5) is 0 Å². The minimum Gasteiger partial charge on any atom is -0.508 e. The highest BCUT2D eigenvalue weighted by Crippen LogP contribution is 2.33. The first-order chi connectivity index (χ1) is 10.9. The standard InChI is InChI=1S/C17H16N2O2S2/c1-10-7-12(8-15-16(21)18(3)17(22)23-15)11(2)19(10)13-5-4-6-14(20)9-13/h4-9,20H,1-3H3. The van der Waals surface area contributed by atoms with Crippen LogP contribution in [0.5, 0.6) is 5.75 Å². The van der Waals surface area contributed by atoms with Crippen molar-refractivity contribution in [3.05, 3.63) is 52.2 Å². The van der Waals surface area contributed by atoms with Gasteiger partial charge in [0.1, 0.15) is 10.1 Å². The lowest BCUT2D eigenvalue weighted by molar-refractivity contribution is -0.121. The van der Waals surface area contributed by atoms with E-state index in [4.69, 9.17) is 12.2 Å². The molecule has 3 rings (SSSR count). The van der Waals surface area contributed by atoms with Crippen LogP contribution in [0.1, 0.15) is 17.0 Å². The van der Waals surface area contributed by atoms with Gasteiger partial charge in [0.25, 0.3) is 5.91 Å². The zero-order valence-electron chi connectivity index (χ0n) is 13.0. The molecular weight excluding hydrogens is 328 g/mol. The fraction of sp³-hybridized carbons (Fsp3) is 0.176. The van der Waals surface area contributed by atoms with Crippen LogP contribution in [-0.2, 0) is 4.79 Å². The zero-order valence-corrected chi connectivity index (χ0v) is 14.7. The Hall–Kier alpha value is -2.05. The van der Waals surface area contributed by atoms with Crippen molar-refractivity contribution in [2.45, 2.75) is 13.8 Å². The Labute approximate surface area is 144 Å². The van der Waals surface area contributed by atoms with Crippen molar-refractivity contribution in [2.75, 3.05) is 7.05 Å². The summed E-state index contributed by atoms with van der Waals surface area (Å²) in [6.07, 6.45) is 1.88. The number of nitrogens with zero attached hydrogens (tertiary/aromatic N) is 2. The fourth-order valence-corrected chi connectivity index (χ4v) is 3.82. The Kier molecular flexibility index (Phi) is 4.04. The molecule has 0 aliphatic carbocycles. The van der Waals surface area contributed by atoms with Crippen LogP contribution in [0.2, 0.25) is 0 Å². The van der Waals surface area contributed by atoms with E-state index in [1.54, 1.807) is 19.2 Å². The number of hydrogen-bond donors (Lipinski definition) is 1. The number of likely N-dealkylation sites (N-methyl/N-ethyl adjacent to an activating group) is 1. The molecule has 2 heterocycles. The van der Waals surface area contributed by atoms with E-state index in [-0.39, 0.29) is 11.7 Å². The van der Waals surface area contributed by atoms with Crippen molar-refractivity contribution in [3.63, 3.8) is 0 Å². The molecule has 6 heteroatoms. The van der Waals surface area contributed by atoms with Crippen LogP contribution in [0, 0.1) is 13.8 Å². The number of phenols is 1. The first-order valence-electron chi connectivity index (χ1n) is 7.08. The van der Waals surface area contributed by atoms with Crippen LogP contribution < -0.4 is 0 Å². The highest BCUT2D eigenvalue weighted by atomic mass is 32.2. The van der Waals surface area contributed by atoms with Crippen LogP contribution in [0.3, 0.4) is 0 Å². The van der Waals surface area contributed by atoms with Crippen molar-refractivity contribution in [3.8, 4) is 11.4 Å². The first-order valence-corrected chi connectivity index (χ1v) is 8.31. The summed E-state index contributed by atoms with van der Waals surface area (Å²) < 4.78 is 2.63. The third-order valence-corrected chi connectivity index (χ3v) is 5.32. The number of benzene rings is 1. The molecule has 1 saturated heterocycles. The van der Waals surface area contributed by atoms with Crippen LogP contribution in [0.15, 0.2) is 35.2 Å². The van der Waals surface area contributed by atoms with Gasteiger partial charge in [-0.1, -0.05) is 30.0 Å². The number of thiocarbonyl (C=S) groups is 1. The molecule has 118 valence electrons.